The summed E-state index contributed by atoms with van der Waals surface area (Å²) in [6.07, 6.45) is 0.744. The molecule has 3 heteroatoms. The minimum absolute atomic E-state index is 0.00345. The number of ether oxygens (including phenoxy) is 1. The number of rotatable bonds is 1. The van der Waals surface area contributed by atoms with Gasteiger partial charge in [-0.05, 0) is 37.1 Å². The summed E-state index contributed by atoms with van der Waals surface area (Å²) < 4.78 is 6.10. The van der Waals surface area contributed by atoms with E-state index in [4.69, 9.17) is 22.1 Å². The van der Waals surface area contributed by atoms with Crippen molar-refractivity contribution in [3.63, 3.8) is 0 Å². The van der Waals surface area contributed by atoms with E-state index in [2.05, 4.69) is 25.1 Å². The molecule has 2 aromatic rings. The van der Waals surface area contributed by atoms with Gasteiger partial charge in [-0.25, -0.2) is 0 Å². The number of fused-ring (bicyclic) bond motifs is 1. The van der Waals surface area contributed by atoms with Crippen LogP contribution in [0, 0.1) is 13.8 Å². The Labute approximate surface area is 124 Å². The molecule has 0 saturated heterocycles. The van der Waals surface area contributed by atoms with Crippen LogP contribution in [0.2, 0.25) is 5.02 Å². The summed E-state index contributed by atoms with van der Waals surface area (Å²) in [6.45, 7) is 4.07. The zero-order valence-corrected chi connectivity index (χ0v) is 12.4. The Kier molecular flexibility index (Phi) is 3.45. The normalized spacial score (nSPS) is 21.2. The van der Waals surface area contributed by atoms with Gasteiger partial charge in [-0.15, -0.1) is 0 Å². The average Bonchev–Trinajstić information content (AvgIpc) is 2.42. The lowest BCUT2D eigenvalue weighted by molar-refractivity contribution is 0.161. The van der Waals surface area contributed by atoms with E-state index >= 15 is 0 Å². The molecule has 0 amide bonds. The van der Waals surface area contributed by atoms with Crippen LogP contribution in [0.3, 0.4) is 0 Å². The number of aryl methyl sites for hydroxylation is 2. The van der Waals surface area contributed by atoms with E-state index in [1.807, 2.05) is 25.1 Å². The average molecular weight is 288 g/mol. The first-order valence-corrected chi connectivity index (χ1v) is 7.21. The van der Waals surface area contributed by atoms with Crippen LogP contribution in [0.5, 0.6) is 5.75 Å². The van der Waals surface area contributed by atoms with E-state index in [0.29, 0.717) is 0 Å². The highest BCUT2D eigenvalue weighted by Gasteiger charge is 2.27. The lowest BCUT2D eigenvalue weighted by Crippen LogP contribution is -2.24. The molecule has 1 unspecified atom stereocenters. The molecule has 1 heterocycles. The van der Waals surface area contributed by atoms with Crippen molar-refractivity contribution in [3.8, 4) is 5.75 Å². The minimum Gasteiger partial charge on any atom is -0.485 e. The Balaban J connectivity index is 1.94. The fourth-order valence-corrected chi connectivity index (χ4v) is 2.83. The molecule has 1 aliphatic heterocycles. The molecule has 2 aromatic carbocycles. The van der Waals surface area contributed by atoms with E-state index in [1.54, 1.807) is 0 Å². The summed E-state index contributed by atoms with van der Waals surface area (Å²) in [5, 5.41) is 0.773. The number of nitrogens with two attached hydrogens (primary N) is 1. The van der Waals surface area contributed by atoms with Crippen molar-refractivity contribution in [2.75, 3.05) is 0 Å². The molecule has 0 aliphatic carbocycles. The molecule has 20 heavy (non-hydrogen) atoms. The highest BCUT2D eigenvalue weighted by molar-refractivity contribution is 6.31. The first-order chi connectivity index (χ1) is 9.54. The zero-order valence-electron chi connectivity index (χ0n) is 11.7. The van der Waals surface area contributed by atoms with Crippen LogP contribution in [0.15, 0.2) is 36.4 Å². The van der Waals surface area contributed by atoms with E-state index in [1.165, 1.54) is 5.56 Å². The molecule has 0 fully saturated rings. The second kappa shape index (κ2) is 5.12. The maximum Gasteiger partial charge on any atom is 0.126 e. The predicted molar refractivity (Wildman–Crippen MR) is 82.3 cm³/mol. The first kappa shape index (κ1) is 13.5. The van der Waals surface area contributed by atoms with Crippen molar-refractivity contribution < 1.29 is 4.74 Å². The summed E-state index contributed by atoms with van der Waals surface area (Å²) in [7, 11) is 0. The molecule has 1 aliphatic rings. The van der Waals surface area contributed by atoms with Crippen molar-refractivity contribution >= 4 is 11.6 Å². The third-order valence-electron chi connectivity index (χ3n) is 3.87. The zero-order chi connectivity index (χ0) is 14.3. The van der Waals surface area contributed by atoms with Crippen LogP contribution in [-0.2, 0) is 0 Å². The molecule has 0 spiro atoms. The SMILES string of the molecule is Cc1ccc2c(c1)[C@H](N)CC(c1ccc(C)c(Cl)c1)O2. The highest BCUT2D eigenvalue weighted by atomic mass is 35.5. The van der Waals surface area contributed by atoms with Crippen molar-refractivity contribution in [1.29, 1.82) is 0 Å². The van der Waals surface area contributed by atoms with Gasteiger partial charge in [0.2, 0.25) is 0 Å². The minimum atomic E-state index is -0.0293. The largest absolute Gasteiger partial charge is 0.485 e. The van der Waals surface area contributed by atoms with Gasteiger partial charge in [0.25, 0.3) is 0 Å². The molecule has 104 valence electrons. The van der Waals surface area contributed by atoms with Crippen LogP contribution in [0.4, 0.5) is 0 Å². The van der Waals surface area contributed by atoms with E-state index < -0.39 is 0 Å². The number of halogens is 1. The summed E-state index contributed by atoms with van der Waals surface area (Å²) in [4.78, 5) is 0. The van der Waals surface area contributed by atoms with Crippen LogP contribution in [0.25, 0.3) is 0 Å². The number of hydrogen-bond acceptors (Lipinski definition) is 2. The first-order valence-electron chi connectivity index (χ1n) is 6.83. The topological polar surface area (TPSA) is 35.2 Å². The lowest BCUT2D eigenvalue weighted by atomic mass is 9.92. The monoisotopic (exact) mass is 287 g/mol. The van der Waals surface area contributed by atoms with Gasteiger partial charge in [0, 0.05) is 23.0 Å². The molecule has 2 atom stereocenters. The van der Waals surface area contributed by atoms with Crippen molar-refractivity contribution in [3.05, 3.63) is 63.7 Å². The quantitative estimate of drug-likeness (QED) is 0.839. The molecule has 3 rings (SSSR count). The fourth-order valence-electron chi connectivity index (χ4n) is 2.64. The summed E-state index contributed by atoms with van der Waals surface area (Å²) in [5.41, 5.74) is 10.8. The van der Waals surface area contributed by atoms with E-state index in [0.717, 1.165) is 33.9 Å². The summed E-state index contributed by atoms with van der Waals surface area (Å²) in [5.74, 6) is 0.885. The Bertz CT molecular complexity index is 653. The van der Waals surface area contributed by atoms with Gasteiger partial charge < -0.3 is 10.5 Å². The Morgan fingerprint density at radius 1 is 1.15 bits per heavy atom. The molecule has 0 bridgehead atoms. The second-order valence-corrected chi connectivity index (χ2v) is 5.91. The third kappa shape index (κ3) is 2.41. The van der Waals surface area contributed by atoms with Gasteiger partial charge >= 0.3 is 0 Å². The molecule has 2 N–H and O–H groups in total. The standard InChI is InChI=1S/C17H18ClNO/c1-10-3-6-16-13(7-10)15(19)9-17(20-16)12-5-4-11(2)14(18)8-12/h3-8,15,17H,9,19H2,1-2H3/t15-,17?/m1/s1. The highest BCUT2D eigenvalue weighted by Crippen LogP contribution is 2.40. The van der Waals surface area contributed by atoms with Gasteiger partial charge in [0.05, 0.1) is 0 Å². The van der Waals surface area contributed by atoms with Gasteiger partial charge in [-0.3, -0.25) is 0 Å². The molecule has 2 nitrogen and oxygen atoms in total. The van der Waals surface area contributed by atoms with Crippen LogP contribution < -0.4 is 10.5 Å². The number of hydrogen-bond donors (Lipinski definition) is 1. The van der Waals surface area contributed by atoms with Crippen LogP contribution in [-0.4, -0.2) is 0 Å². The lowest BCUT2D eigenvalue weighted by Gasteiger charge is -2.31. The van der Waals surface area contributed by atoms with Gasteiger partial charge in [0.15, 0.2) is 0 Å². The molecular weight excluding hydrogens is 270 g/mol. The molecule has 0 radical (unpaired) electrons. The summed E-state index contributed by atoms with van der Waals surface area (Å²) in [6, 6.07) is 12.2. The van der Waals surface area contributed by atoms with E-state index in [9.17, 15) is 0 Å². The smallest absolute Gasteiger partial charge is 0.126 e. The maximum atomic E-state index is 6.30. The second-order valence-electron chi connectivity index (χ2n) is 5.50. The van der Waals surface area contributed by atoms with Crippen LogP contribution >= 0.6 is 11.6 Å². The van der Waals surface area contributed by atoms with Gasteiger partial charge in [-0.2, -0.15) is 0 Å². The van der Waals surface area contributed by atoms with Crippen LogP contribution in [0.1, 0.15) is 40.8 Å². The molecule has 0 saturated carbocycles. The fraction of sp³-hybridized carbons (Fsp3) is 0.294. The molecular formula is C17H18ClNO. The Morgan fingerprint density at radius 2 is 1.95 bits per heavy atom. The molecule has 0 aromatic heterocycles. The summed E-state index contributed by atoms with van der Waals surface area (Å²) >= 11 is 6.20. The third-order valence-corrected chi connectivity index (χ3v) is 4.28. The van der Waals surface area contributed by atoms with Crippen molar-refractivity contribution in [2.45, 2.75) is 32.4 Å². The maximum absolute atomic E-state index is 6.30. The van der Waals surface area contributed by atoms with E-state index in [-0.39, 0.29) is 12.1 Å². The van der Waals surface area contributed by atoms with Crippen molar-refractivity contribution in [2.24, 2.45) is 5.73 Å². The van der Waals surface area contributed by atoms with Crippen molar-refractivity contribution in [1.82, 2.24) is 0 Å². The number of benzene rings is 2. The Morgan fingerprint density at radius 3 is 2.70 bits per heavy atom. The predicted octanol–water partition coefficient (Wildman–Crippen LogP) is 4.48. The Hall–Kier alpha value is -1.51. The van der Waals surface area contributed by atoms with Gasteiger partial charge in [-0.1, -0.05) is 41.4 Å². The van der Waals surface area contributed by atoms with Gasteiger partial charge in [0.1, 0.15) is 11.9 Å².